The molecule has 11 heteroatoms. The second-order valence-electron chi connectivity index (χ2n) is 9.88. The maximum atomic E-state index is 15.6. The van der Waals surface area contributed by atoms with Gasteiger partial charge in [0, 0.05) is 31.0 Å². The van der Waals surface area contributed by atoms with E-state index in [0.717, 1.165) is 12.8 Å². The molecule has 2 aliphatic rings. The number of hydrogen-bond donors (Lipinski definition) is 2. The highest BCUT2D eigenvalue weighted by atomic mass is 35.5. The van der Waals surface area contributed by atoms with Crippen molar-refractivity contribution < 1.29 is 23.8 Å². The van der Waals surface area contributed by atoms with Gasteiger partial charge in [-0.1, -0.05) is 11.6 Å². The molecule has 36 heavy (non-hydrogen) atoms. The monoisotopic (exact) mass is 517 g/mol. The van der Waals surface area contributed by atoms with E-state index in [1.165, 1.54) is 19.2 Å². The lowest BCUT2D eigenvalue weighted by Gasteiger charge is -2.34. The van der Waals surface area contributed by atoms with Crippen LogP contribution in [0.15, 0.2) is 18.5 Å². The molecule has 0 aliphatic carbocycles. The first-order valence-corrected chi connectivity index (χ1v) is 12.3. The van der Waals surface area contributed by atoms with Crippen LogP contribution in [0.25, 0.3) is 5.52 Å². The van der Waals surface area contributed by atoms with Gasteiger partial charge in [-0.3, -0.25) is 9.20 Å². The summed E-state index contributed by atoms with van der Waals surface area (Å²) in [5, 5.41) is 11.6. The Hall–Kier alpha value is -2.95. The Morgan fingerprint density at radius 1 is 1.36 bits per heavy atom. The molecule has 3 atom stereocenters. The van der Waals surface area contributed by atoms with Crippen molar-refractivity contribution in [1.29, 1.82) is 0 Å². The number of fused-ring (bicyclic) bond motifs is 3. The molecular weight excluding hydrogens is 489 g/mol. The van der Waals surface area contributed by atoms with E-state index in [1.807, 2.05) is 0 Å². The Bertz CT molecular complexity index is 1350. The lowest BCUT2D eigenvalue weighted by Crippen LogP contribution is -2.46. The van der Waals surface area contributed by atoms with Gasteiger partial charge in [0.1, 0.15) is 34.1 Å². The highest BCUT2D eigenvalue weighted by molar-refractivity contribution is 6.31. The number of ether oxygens (including phenoxy) is 2. The number of likely N-dealkylation sites (tertiary alicyclic amines) is 1. The molecule has 2 aromatic heterocycles. The van der Waals surface area contributed by atoms with Gasteiger partial charge in [0.2, 0.25) is 0 Å². The van der Waals surface area contributed by atoms with Crippen LogP contribution in [0.4, 0.5) is 10.2 Å². The third-order valence-electron chi connectivity index (χ3n) is 6.79. The van der Waals surface area contributed by atoms with Gasteiger partial charge in [0.25, 0.3) is 5.91 Å². The van der Waals surface area contributed by atoms with Crippen molar-refractivity contribution in [2.75, 3.05) is 18.8 Å². The average Bonchev–Trinajstić information content (AvgIpc) is 3.34. The molecule has 2 aliphatic heterocycles. The zero-order valence-electron chi connectivity index (χ0n) is 20.6. The fourth-order valence-corrected chi connectivity index (χ4v) is 5.37. The molecule has 1 amide bonds. The minimum absolute atomic E-state index is 0.0721. The van der Waals surface area contributed by atoms with Gasteiger partial charge in [0.05, 0.1) is 29.0 Å². The quantitative estimate of drug-likeness (QED) is 0.532. The molecule has 0 saturated carbocycles. The first-order chi connectivity index (χ1) is 17.0. The highest BCUT2D eigenvalue weighted by Crippen LogP contribution is 2.43. The van der Waals surface area contributed by atoms with E-state index in [1.54, 1.807) is 36.3 Å². The van der Waals surface area contributed by atoms with Crippen LogP contribution in [-0.2, 0) is 10.3 Å². The molecule has 2 saturated heterocycles. The number of imidazole rings is 1. The minimum Gasteiger partial charge on any atom is -0.490 e. The van der Waals surface area contributed by atoms with Gasteiger partial charge in [-0.15, -0.1) is 0 Å². The number of hydrogen-bond acceptors (Lipinski definition) is 7. The number of morpholine rings is 1. The lowest BCUT2D eigenvalue weighted by molar-refractivity contribution is -0.0306. The molecule has 2 unspecified atom stereocenters. The number of carbonyl (C=O) groups excluding carboxylic acids is 1. The molecule has 0 radical (unpaired) electrons. The van der Waals surface area contributed by atoms with Crippen LogP contribution < -0.4 is 10.5 Å². The van der Waals surface area contributed by atoms with Crippen LogP contribution in [0.3, 0.4) is 0 Å². The summed E-state index contributed by atoms with van der Waals surface area (Å²) >= 11 is 6.33. The van der Waals surface area contributed by atoms with Crippen molar-refractivity contribution in [3.05, 3.63) is 51.9 Å². The fraction of sp³-hybridized carbons (Fsp3) is 0.480. The topological polar surface area (TPSA) is 115 Å². The fourth-order valence-electron chi connectivity index (χ4n) is 5.16. The Labute approximate surface area is 213 Å². The highest BCUT2D eigenvalue weighted by Gasteiger charge is 2.42. The number of halogens is 2. The first kappa shape index (κ1) is 24.7. The van der Waals surface area contributed by atoms with Crippen LogP contribution in [0.5, 0.6) is 5.75 Å². The van der Waals surface area contributed by atoms with Crippen molar-refractivity contribution in [2.24, 2.45) is 0 Å². The van der Waals surface area contributed by atoms with Crippen molar-refractivity contribution in [3.63, 3.8) is 0 Å². The zero-order chi connectivity index (χ0) is 25.9. The van der Waals surface area contributed by atoms with E-state index < -0.39 is 23.4 Å². The number of aromatic nitrogens is 3. The smallest absolute Gasteiger partial charge is 0.260 e. The van der Waals surface area contributed by atoms with E-state index in [9.17, 15) is 9.90 Å². The summed E-state index contributed by atoms with van der Waals surface area (Å²) in [6, 6.07) is 1.29. The predicted molar refractivity (Wildman–Crippen MR) is 132 cm³/mol. The lowest BCUT2D eigenvalue weighted by atomic mass is 9.91. The molecule has 9 nitrogen and oxygen atoms in total. The van der Waals surface area contributed by atoms with E-state index in [4.69, 9.17) is 26.8 Å². The second kappa shape index (κ2) is 8.86. The first-order valence-electron chi connectivity index (χ1n) is 11.9. The number of benzene rings is 1. The second-order valence-corrected chi connectivity index (χ2v) is 10.3. The van der Waals surface area contributed by atoms with Gasteiger partial charge < -0.3 is 25.2 Å². The molecular formula is C25H29ClFN5O4. The Balaban J connectivity index is 1.70. The van der Waals surface area contributed by atoms with Gasteiger partial charge >= 0.3 is 0 Å². The third kappa shape index (κ3) is 3.97. The van der Waals surface area contributed by atoms with E-state index >= 15 is 4.39 Å². The van der Waals surface area contributed by atoms with Crippen molar-refractivity contribution >= 4 is 28.8 Å². The number of aliphatic hydroxyl groups is 1. The summed E-state index contributed by atoms with van der Waals surface area (Å²) in [7, 11) is 0. The predicted octanol–water partition coefficient (Wildman–Crippen LogP) is 3.46. The number of aryl methyl sites for hydroxylation is 1. The Morgan fingerprint density at radius 3 is 2.67 bits per heavy atom. The van der Waals surface area contributed by atoms with Crippen LogP contribution in [0.2, 0.25) is 5.02 Å². The molecule has 3 N–H and O–H groups in total. The molecule has 0 spiro atoms. The molecule has 192 valence electrons. The number of nitrogens with two attached hydrogens (primary N) is 1. The van der Waals surface area contributed by atoms with Crippen molar-refractivity contribution in [2.45, 2.75) is 64.4 Å². The maximum absolute atomic E-state index is 15.6. The van der Waals surface area contributed by atoms with Crippen molar-refractivity contribution in [1.82, 2.24) is 19.3 Å². The largest absolute Gasteiger partial charge is 0.490 e. The summed E-state index contributed by atoms with van der Waals surface area (Å²) in [5.74, 6) is -1.08. The van der Waals surface area contributed by atoms with E-state index in [2.05, 4.69) is 9.97 Å². The summed E-state index contributed by atoms with van der Waals surface area (Å²) < 4.78 is 29.1. The summed E-state index contributed by atoms with van der Waals surface area (Å²) in [5.41, 5.74) is 5.10. The van der Waals surface area contributed by atoms with Gasteiger partial charge in [0.15, 0.2) is 5.82 Å². The Morgan fingerprint density at radius 2 is 2.03 bits per heavy atom. The summed E-state index contributed by atoms with van der Waals surface area (Å²) in [4.78, 5) is 24.0. The van der Waals surface area contributed by atoms with Crippen LogP contribution >= 0.6 is 11.6 Å². The van der Waals surface area contributed by atoms with Crippen molar-refractivity contribution in [3.8, 4) is 5.75 Å². The Kier molecular flexibility index (Phi) is 6.09. The molecule has 2 bridgehead atoms. The number of amides is 1. The molecule has 5 rings (SSSR count). The number of rotatable bonds is 5. The van der Waals surface area contributed by atoms with Crippen LogP contribution in [0.1, 0.15) is 61.1 Å². The minimum atomic E-state index is -1.84. The number of carbonyl (C=O) groups is 1. The molecule has 4 heterocycles. The molecule has 1 aromatic carbocycles. The average molecular weight is 518 g/mol. The summed E-state index contributed by atoms with van der Waals surface area (Å²) in [6.07, 6.45) is 4.24. The maximum Gasteiger partial charge on any atom is 0.260 e. The standard InChI is InChI=1S/C25H29ClFN5O4/c1-12(2)35-21-16(25(4,34)24-30-13(3)20-22(28)29-7-8-32(20)24)9-17(26)19(27)18(21)23(33)31-10-14-5-6-15(11-31)36-14/h7-9,12,14-15,34H,5-6,10-11H2,1-4H3,(H2,28,29)/t14?,15?,25-/m0/s1. The number of anilines is 1. The van der Waals surface area contributed by atoms with Gasteiger partial charge in [-0.05, 0) is 46.6 Å². The normalized spacial score (nSPS) is 21.3. The van der Waals surface area contributed by atoms with E-state index in [0.29, 0.717) is 24.3 Å². The van der Waals surface area contributed by atoms with Crippen LogP contribution in [-0.4, -0.2) is 61.7 Å². The van der Waals surface area contributed by atoms with Gasteiger partial charge in [-0.2, -0.15) is 0 Å². The number of nitrogen functional groups attached to an aromatic ring is 1. The molecule has 3 aromatic rings. The third-order valence-corrected chi connectivity index (χ3v) is 7.06. The molecule has 2 fully saturated rings. The van der Waals surface area contributed by atoms with E-state index in [-0.39, 0.29) is 45.7 Å². The SMILES string of the molecule is Cc1nc([C@@](C)(O)c2cc(Cl)c(F)c(C(=O)N3CC4CCC(C3)O4)c2OC(C)C)n2ccnc(N)c12. The van der Waals surface area contributed by atoms with Gasteiger partial charge in [-0.25, -0.2) is 14.4 Å². The number of nitrogens with zero attached hydrogens (tertiary/aromatic N) is 4. The zero-order valence-corrected chi connectivity index (χ0v) is 21.3. The summed E-state index contributed by atoms with van der Waals surface area (Å²) in [6.45, 7) is 7.47. The van der Waals surface area contributed by atoms with Crippen LogP contribution in [0, 0.1) is 12.7 Å².